The molecule has 2 atom stereocenters. The number of benzene rings is 2. The van der Waals surface area contributed by atoms with Crippen LogP contribution in [0.4, 0.5) is 4.39 Å². The summed E-state index contributed by atoms with van der Waals surface area (Å²) in [4.78, 5) is 18.5. The van der Waals surface area contributed by atoms with E-state index in [0.29, 0.717) is 6.42 Å². The molecule has 0 saturated carbocycles. The molecular formula is C25H28FN3O3S. The fraction of sp³-hybridized carbons (Fsp3) is 0.400. The molecule has 8 heteroatoms. The molecule has 174 valence electrons. The fourth-order valence-electron chi connectivity index (χ4n) is 5.24. The second-order valence-electron chi connectivity index (χ2n) is 9.09. The second-order valence-corrected chi connectivity index (χ2v) is 11.2. The van der Waals surface area contributed by atoms with E-state index in [0.717, 1.165) is 53.7 Å². The van der Waals surface area contributed by atoms with Gasteiger partial charge in [0.05, 0.1) is 17.5 Å². The van der Waals surface area contributed by atoms with Crippen LogP contribution < -0.4 is 5.32 Å². The van der Waals surface area contributed by atoms with Crippen molar-refractivity contribution in [1.82, 2.24) is 15.2 Å². The monoisotopic (exact) mass is 469 g/mol. The van der Waals surface area contributed by atoms with Crippen LogP contribution in [0.15, 0.2) is 48.5 Å². The minimum Gasteiger partial charge on any atom is -0.354 e. The van der Waals surface area contributed by atoms with E-state index in [1.807, 2.05) is 24.3 Å². The molecule has 5 rings (SSSR count). The Bertz CT molecular complexity index is 1260. The van der Waals surface area contributed by atoms with Crippen molar-refractivity contribution in [1.29, 1.82) is 0 Å². The number of nitrogens with zero attached hydrogens (tertiary/aromatic N) is 1. The van der Waals surface area contributed by atoms with Gasteiger partial charge in [0, 0.05) is 29.1 Å². The molecule has 2 N–H and O–H groups in total. The first-order valence-corrected chi connectivity index (χ1v) is 13.3. The SMILES string of the molecule is O=C(CCc1c(-c2ccc(F)cc2)[nH]c2ccccc12)NC1CS(=O)(=O)CC1N1CCCC1. The van der Waals surface area contributed by atoms with Gasteiger partial charge in [-0.25, -0.2) is 12.8 Å². The molecule has 2 aliphatic heterocycles. The molecular weight excluding hydrogens is 441 g/mol. The maximum absolute atomic E-state index is 13.4. The number of carbonyl (C=O) groups is 1. The predicted octanol–water partition coefficient (Wildman–Crippen LogP) is 3.28. The summed E-state index contributed by atoms with van der Waals surface area (Å²) >= 11 is 0. The second kappa shape index (κ2) is 8.91. The quantitative estimate of drug-likeness (QED) is 0.581. The average Bonchev–Trinajstić information content (AvgIpc) is 3.50. The van der Waals surface area contributed by atoms with Crippen molar-refractivity contribution < 1.29 is 17.6 Å². The molecule has 2 saturated heterocycles. The first kappa shape index (κ1) is 22.1. The van der Waals surface area contributed by atoms with Crippen LogP contribution >= 0.6 is 0 Å². The number of hydrogen-bond donors (Lipinski definition) is 2. The lowest BCUT2D eigenvalue weighted by atomic mass is 10.0. The number of aromatic nitrogens is 1. The molecule has 2 aromatic carbocycles. The molecule has 6 nitrogen and oxygen atoms in total. The summed E-state index contributed by atoms with van der Waals surface area (Å²) in [6.07, 6.45) is 2.89. The zero-order chi connectivity index (χ0) is 23.0. The van der Waals surface area contributed by atoms with E-state index in [9.17, 15) is 17.6 Å². The van der Waals surface area contributed by atoms with Crippen molar-refractivity contribution in [2.45, 2.75) is 37.8 Å². The number of rotatable bonds is 6. The van der Waals surface area contributed by atoms with Crippen molar-refractivity contribution in [3.63, 3.8) is 0 Å². The Morgan fingerprint density at radius 3 is 2.55 bits per heavy atom. The van der Waals surface area contributed by atoms with E-state index in [4.69, 9.17) is 0 Å². The average molecular weight is 470 g/mol. The van der Waals surface area contributed by atoms with Crippen molar-refractivity contribution in [2.24, 2.45) is 0 Å². The van der Waals surface area contributed by atoms with E-state index < -0.39 is 9.84 Å². The van der Waals surface area contributed by atoms with Gasteiger partial charge in [-0.3, -0.25) is 9.69 Å². The molecule has 0 spiro atoms. The van der Waals surface area contributed by atoms with Gasteiger partial charge in [0.25, 0.3) is 0 Å². The highest BCUT2D eigenvalue weighted by atomic mass is 32.2. The van der Waals surface area contributed by atoms with Crippen LogP contribution in [0.5, 0.6) is 0 Å². The number of H-pyrrole nitrogens is 1. The molecule has 0 aliphatic carbocycles. The number of nitrogens with one attached hydrogen (secondary N) is 2. The summed E-state index contributed by atoms with van der Waals surface area (Å²) in [5.74, 6) is -0.311. The van der Waals surface area contributed by atoms with E-state index in [-0.39, 0.29) is 41.7 Å². The highest BCUT2D eigenvalue weighted by Gasteiger charge is 2.42. The summed E-state index contributed by atoms with van der Waals surface area (Å²) in [6.45, 7) is 1.78. The van der Waals surface area contributed by atoms with E-state index >= 15 is 0 Å². The van der Waals surface area contributed by atoms with Gasteiger partial charge in [0.15, 0.2) is 9.84 Å². The van der Waals surface area contributed by atoms with Crippen LogP contribution in [0.3, 0.4) is 0 Å². The molecule has 3 aromatic rings. The summed E-state index contributed by atoms with van der Waals surface area (Å²) < 4.78 is 38.0. The summed E-state index contributed by atoms with van der Waals surface area (Å²) in [6, 6.07) is 13.7. The van der Waals surface area contributed by atoms with Gasteiger partial charge in [-0.1, -0.05) is 18.2 Å². The molecule has 2 fully saturated rings. The lowest BCUT2D eigenvalue weighted by molar-refractivity contribution is -0.121. The molecule has 0 bridgehead atoms. The Hall–Kier alpha value is -2.71. The number of halogens is 1. The molecule has 2 unspecified atom stereocenters. The van der Waals surface area contributed by atoms with Gasteiger partial charge in [-0.2, -0.15) is 0 Å². The van der Waals surface area contributed by atoms with Crippen molar-refractivity contribution in [3.05, 3.63) is 59.9 Å². The van der Waals surface area contributed by atoms with Crippen molar-refractivity contribution in [2.75, 3.05) is 24.6 Å². The molecule has 2 aliphatic rings. The van der Waals surface area contributed by atoms with Crippen LogP contribution in [0.25, 0.3) is 22.2 Å². The maximum Gasteiger partial charge on any atom is 0.220 e. The first-order valence-electron chi connectivity index (χ1n) is 11.5. The van der Waals surface area contributed by atoms with Crippen LogP contribution in [0.2, 0.25) is 0 Å². The largest absolute Gasteiger partial charge is 0.354 e. The molecule has 1 amide bonds. The third kappa shape index (κ3) is 4.68. The number of likely N-dealkylation sites (tertiary alicyclic amines) is 1. The molecule has 3 heterocycles. The van der Waals surface area contributed by atoms with Gasteiger partial charge in [0.1, 0.15) is 5.82 Å². The standard InChI is InChI=1S/C25H28FN3O3S/c26-18-9-7-17(8-10-18)25-20(19-5-1-2-6-21(19)28-25)11-12-24(30)27-22-15-33(31,32)16-23(22)29-13-3-4-14-29/h1-2,5-10,22-23,28H,3-4,11-16H2,(H,27,30). The number of fused-ring (bicyclic) bond motifs is 1. The third-order valence-electron chi connectivity index (χ3n) is 6.83. The summed E-state index contributed by atoms with van der Waals surface area (Å²) in [7, 11) is -3.15. The lowest BCUT2D eigenvalue weighted by Crippen LogP contribution is -2.50. The number of sulfone groups is 1. The number of aromatic amines is 1. The van der Waals surface area contributed by atoms with Gasteiger partial charge >= 0.3 is 0 Å². The predicted molar refractivity (Wildman–Crippen MR) is 127 cm³/mol. The Morgan fingerprint density at radius 2 is 1.79 bits per heavy atom. The third-order valence-corrected chi connectivity index (χ3v) is 8.54. The number of carbonyl (C=O) groups excluding carboxylic acids is 1. The normalized spacial score (nSPS) is 22.7. The van der Waals surface area contributed by atoms with Crippen molar-refractivity contribution in [3.8, 4) is 11.3 Å². The fourth-order valence-corrected chi connectivity index (χ4v) is 7.19. The van der Waals surface area contributed by atoms with Gasteiger partial charge in [0.2, 0.25) is 5.91 Å². The highest BCUT2D eigenvalue weighted by molar-refractivity contribution is 7.91. The number of hydrogen-bond acceptors (Lipinski definition) is 4. The van der Waals surface area contributed by atoms with E-state index in [1.54, 1.807) is 12.1 Å². The van der Waals surface area contributed by atoms with Crippen LogP contribution in [-0.2, 0) is 21.1 Å². The number of para-hydroxylation sites is 1. The van der Waals surface area contributed by atoms with Gasteiger partial charge in [-0.05, 0) is 73.8 Å². The van der Waals surface area contributed by atoms with Crippen LogP contribution in [-0.4, -0.2) is 60.9 Å². The number of aryl methyl sites for hydroxylation is 1. The highest BCUT2D eigenvalue weighted by Crippen LogP contribution is 2.31. The van der Waals surface area contributed by atoms with Crippen LogP contribution in [0.1, 0.15) is 24.8 Å². The molecule has 0 radical (unpaired) electrons. The van der Waals surface area contributed by atoms with Crippen LogP contribution in [0, 0.1) is 5.82 Å². The molecule has 33 heavy (non-hydrogen) atoms. The smallest absolute Gasteiger partial charge is 0.220 e. The Morgan fingerprint density at radius 1 is 1.06 bits per heavy atom. The van der Waals surface area contributed by atoms with E-state index in [2.05, 4.69) is 15.2 Å². The molecule has 1 aromatic heterocycles. The minimum absolute atomic E-state index is 0.00776. The zero-order valence-corrected chi connectivity index (χ0v) is 19.2. The Labute approximate surface area is 193 Å². The summed E-state index contributed by atoms with van der Waals surface area (Å²) in [5, 5.41) is 4.05. The van der Waals surface area contributed by atoms with Gasteiger partial charge in [-0.15, -0.1) is 0 Å². The Balaban J connectivity index is 1.34. The first-order chi connectivity index (χ1) is 15.9. The Kier molecular flexibility index (Phi) is 5.97. The maximum atomic E-state index is 13.4. The summed E-state index contributed by atoms with van der Waals surface area (Å²) in [5.41, 5.74) is 3.70. The van der Waals surface area contributed by atoms with E-state index in [1.165, 1.54) is 12.1 Å². The van der Waals surface area contributed by atoms with Gasteiger partial charge < -0.3 is 10.3 Å². The topological polar surface area (TPSA) is 82.3 Å². The minimum atomic E-state index is -3.15. The zero-order valence-electron chi connectivity index (χ0n) is 18.4. The number of amides is 1. The van der Waals surface area contributed by atoms with Crippen molar-refractivity contribution >= 4 is 26.6 Å². The lowest BCUT2D eigenvalue weighted by Gasteiger charge is -2.28.